The van der Waals surface area contributed by atoms with Crippen molar-refractivity contribution in [2.45, 2.75) is 13.0 Å². The Bertz CT molecular complexity index is 2030. The van der Waals surface area contributed by atoms with Crippen molar-refractivity contribution in [2.24, 2.45) is 7.05 Å². The molecule has 0 saturated heterocycles. The van der Waals surface area contributed by atoms with Crippen LogP contribution in [-0.4, -0.2) is 45.1 Å². The average molecular weight is 531 g/mol. The van der Waals surface area contributed by atoms with E-state index in [-0.39, 0.29) is 16.9 Å². The molecule has 2 aromatic carbocycles. The minimum Gasteiger partial charge on any atom is -0.382 e. The highest BCUT2D eigenvalue weighted by molar-refractivity contribution is 6.05. The van der Waals surface area contributed by atoms with Crippen LogP contribution in [0.1, 0.15) is 40.4 Å². The van der Waals surface area contributed by atoms with E-state index in [9.17, 15) is 9.59 Å². The number of amides is 1. The molecule has 1 amide bonds. The minimum atomic E-state index is -0.697. The minimum absolute atomic E-state index is 0.0301. The highest BCUT2D eigenvalue weighted by Gasteiger charge is 2.24. The Hall–Kier alpha value is -5.83. The van der Waals surface area contributed by atoms with Gasteiger partial charge in [0.25, 0.3) is 11.5 Å². The van der Waals surface area contributed by atoms with E-state index in [4.69, 9.17) is 10.7 Å². The summed E-state index contributed by atoms with van der Waals surface area (Å²) in [6.45, 7) is 1.75. The van der Waals surface area contributed by atoms with Gasteiger partial charge in [-0.25, -0.2) is 9.50 Å². The Kier molecular flexibility index (Phi) is 6.01. The van der Waals surface area contributed by atoms with Gasteiger partial charge < -0.3 is 11.1 Å². The standard InChI is InChI=1S/C28H22N10O2/c1-17(32-27(39)24-22-15-30-31-16-37(22)35-25(24)29)26-33-21-10-6-7-18(11-12-19-13-14-36(2)34-19)23(21)28(40)38(26)20-8-4-3-5-9-20/h3-10,13-17H,1-2H3,(H2,29,35)(H,32,39)/t17-/m0/s1. The normalized spacial score (nSPS) is 11.8. The molecule has 0 saturated carbocycles. The first kappa shape index (κ1) is 24.5. The monoisotopic (exact) mass is 530 g/mol. The molecule has 4 heterocycles. The van der Waals surface area contributed by atoms with Crippen molar-refractivity contribution in [1.29, 1.82) is 0 Å². The van der Waals surface area contributed by atoms with Crippen molar-refractivity contribution in [3.63, 3.8) is 0 Å². The molecule has 0 spiro atoms. The lowest BCUT2D eigenvalue weighted by atomic mass is 10.1. The number of fused-ring (bicyclic) bond motifs is 2. The topological polar surface area (TPSA) is 151 Å². The van der Waals surface area contributed by atoms with Crippen LogP contribution in [0.15, 0.2) is 78.1 Å². The number of aromatic nitrogens is 8. The molecular formula is C28H22N10O2. The van der Waals surface area contributed by atoms with Gasteiger partial charge in [-0.3, -0.25) is 18.8 Å². The van der Waals surface area contributed by atoms with Gasteiger partial charge in [-0.15, -0.1) is 10.2 Å². The van der Waals surface area contributed by atoms with Gasteiger partial charge in [0, 0.05) is 18.8 Å². The summed E-state index contributed by atoms with van der Waals surface area (Å²) >= 11 is 0. The number of para-hydroxylation sites is 1. The summed E-state index contributed by atoms with van der Waals surface area (Å²) in [5.74, 6) is 5.97. The number of aryl methyl sites for hydroxylation is 1. The average Bonchev–Trinajstić information content (AvgIpc) is 3.53. The molecule has 6 aromatic rings. The van der Waals surface area contributed by atoms with Gasteiger partial charge in [0.05, 0.1) is 28.8 Å². The highest BCUT2D eigenvalue weighted by Crippen LogP contribution is 2.22. The van der Waals surface area contributed by atoms with Crippen LogP contribution in [0.5, 0.6) is 0 Å². The molecule has 0 radical (unpaired) electrons. The van der Waals surface area contributed by atoms with Crippen LogP contribution >= 0.6 is 0 Å². The molecule has 1 atom stereocenters. The Morgan fingerprint density at radius 3 is 2.62 bits per heavy atom. The van der Waals surface area contributed by atoms with Crippen molar-refractivity contribution in [1.82, 2.24) is 44.5 Å². The smallest absolute Gasteiger partial charge is 0.267 e. The molecule has 3 N–H and O–H groups in total. The molecule has 0 aliphatic rings. The molecule has 6 rings (SSSR count). The van der Waals surface area contributed by atoms with Gasteiger partial charge in [0.1, 0.15) is 28.9 Å². The van der Waals surface area contributed by atoms with E-state index in [2.05, 4.69) is 37.6 Å². The zero-order valence-corrected chi connectivity index (χ0v) is 21.5. The third-order valence-electron chi connectivity index (χ3n) is 6.32. The molecule has 12 heteroatoms. The number of benzene rings is 2. The summed E-state index contributed by atoms with van der Waals surface area (Å²) in [4.78, 5) is 32.3. The molecule has 196 valence electrons. The van der Waals surface area contributed by atoms with Gasteiger partial charge >= 0.3 is 0 Å². The maximum absolute atomic E-state index is 14.1. The zero-order chi connectivity index (χ0) is 27.8. The van der Waals surface area contributed by atoms with E-state index >= 15 is 0 Å². The molecule has 0 unspecified atom stereocenters. The van der Waals surface area contributed by atoms with Crippen LogP contribution in [-0.2, 0) is 7.05 Å². The maximum atomic E-state index is 14.1. The number of nitrogens with two attached hydrogens (primary N) is 1. The molecular weight excluding hydrogens is 508 g/mol. The second-order valence-corrected chi connectivity index (χ2v) is 9.03. The van der Waals surface area contributed by atoms with Gasteiger partial charge in [-0.2, -0.15) is 10.2 Å². The lowest BCUT2D eigenvalue weighted by molar-refractivity contribution is 0.0940. The van der Waals surface area contributed by atoms with E-state index in [1.165, 1.54) is 21.6 Å². The fourth-order valence-corrected chi connectivity index (χ4v) is 4.49. The van der Waals surface area contributed by atoms with Gasteiger partial charge in [0.15, 0.2) is 5.82 Å². The van der Waals surface area contributed by atoms with Crippen LogP contribution in [0.2, 0.25) is 0 Å². The SMILES string of the molecule is C[C@H](NC(=O)c1c(N)nn2cnncc12)c1nc2cccc(C#Cc3ccn(C)n3)c2c(=O)n1-c1ccccc1. The van der Waals surface area contributed by atoms with Crippen LogP contribution < -0.4 is 16.6 Å². The predicted octanol–water partition coefficient (Wildman–Crippen LogP) is 2.03. The number of carbonyl (C=O) groups excluding carboxylic acids is 1. The molecule has 0 aliphatic carbocycles. The number of rotatable bonds is 4. The van der Waals surface area contributed by atoms with Crippen molar-refractivity contribution in [3.8, 4) is 17.5 Å². The first-order chi connectivity index (χ1) is 19.4. The first-order valence-electron chi connectivity index (χ1n) is 12.3. The van der Waals surface area contributed by atoms with Crippen molar-refractivity contribution in [3.05, 3.63) is 106 Å². The van der Waals surface area contributed by atoms with Crippen molar-refractivity contribution in [2.75, 3.05) is 5.73 Å². The van der Waals surface area contributed by atoms with E-state index in [1.807, 2.05) is 25.2 Å². The Morgan fingerprint density at radius 1 is 1.02 bits per heavy atom. The van der Waals surface area contributed by atoms with E-state index in [0.29, 0.717) is 39.2 Å². The molecule has 0 fully saturated rings. The molecule has 40 heavy (non-hydrogen) atoms. The summed E-state index contributed by atoms with van der Waals surface area (Å²) < 4.78 is 4.53. The van der Waals surface area contributed by atoms with Gasteiger partial charge in [0.2, 0.25) is 0 Å². The van der Waals surface area contributed by atoms with Crippen LogP contribution in [0.4, 0.5) is 5.82 Å². The van der Waals surface area contributed by atoms with Gasteiger partial charge in [-0.1, -0.05) is 30.2 Å². The van der Waals surface area contributed by atoms with E-state index in [0.717, 1.165) is 0 Å². The molecule has 0 bridgehead atoms. The maximum Gasteiger partial charge on any atom is 0.267 e. The quantitative estimate of drug-likeness (QED) is 0.329. The number of hydrogen-bond donors (Lipinski definition) is 2. The second-order valence-electron chi connectivity index (χ2n) is 9.03. The number of carbonyl (C=O) groups is 1. The predicted molar refractivity (Wildman–Crippen MR) is 148 cm³/mol. The third kappa shape index (κ3) is 4.31. The fourth-order valence-electron chi connectivity index (χ4n) is 4.49. The Morgan fingerprint density at radius 2 is 1.85 bits per heavy atom. The second kappa shape index (κ2) is 9.80. The number of nitrogen functional groups attached to an aromatic ring is 1. The van der Waals surface area contributed by atoms with Crippen molar-refractivity contribution < 1.29 is 4.79 Å². The number of anilines is 1. The van der Waals surface area contributed by atoms with Crippen molar-refractivity contribution >= 4 is 28.1 Å². The first-order valence-corrected chi connectivity index (χ1v) is 12.3. The third-order valence-corrected chi connectivity index (χ3v) is 6.32. The lowest BCUT2D eigenvalue weighted by Crippen LogP contribution is -2.33. The Balaban J connectivity index is 1.48. The van der Waals surface area contributed by atoms with E-state index < -0.39 is 11.9 Å². The lowest BCUT2D eigenvalue weighted by Gasteiger charge is -2.20. The molecule has 4 aromatic heterocycles. The Labute approximate surface area is 227 Å². The largest absolute Gasteiger partial charge is 0.382 e. The summed E-state index contributed by atoms with van der Waals surface area (Å²) in [7, 11) is 1.81. The van der Waals surface area contributed by atoms with Gasteiger partial charge in [-0.05, 0) is 43.2 Å². The summed E-state index contributed by atoms with van der Waals surface area (Å²) in [5, 5.41) is 19.3. The summed E-state index contributed by atoms with van der Waals surface area (Å²) in [6, 6.07) is 15.5. The zero-order valence-electron chi connectivity index (χ0n) is 21.5. The molecule has 0 aliphatic heterocycles. The van der Waals surface area contributed by atoms with Crippen LogP contribution in [0, 0.1) is 11.8 Å². The molecule has 12 nitrogen and oxygen atoms in total. The number of hydrogen-bond acceptors (Lipinski definition) is 8. The number of nitrogens with zero attached hydrogens (tertiary/aromatic N) is 8. The van der Waals surface area contributed by atoms with Crippen LogP contribution in [0.25, 0.3) is 22.1 Å². The number of nitrogens with one attached hydrogen (secondary N) is 1. The summed E-state index contributed by atoms with van der Waals surface area (Å²) in [6.07, 6.45) is 4.57. The highest BCUT2D eigenvalue weighted by atomic mass is 16.2. The summed E-state index contributed by atoms with van der Waals surface area (Å²) in [5.41, 5.74) is 8.43. The van der Waals surface area contributed by atoms with Crippen LogP contribution in [0.3, 0.4) is 0 Å². The fraction of sp³-hybridized carbons (Fsp3) is 0.107. The van der Waals surface area contributed by atoms with E-state index in [1.54, 1.807) is 54.2 Å².